The second-order valence-corrected chi connectivity index (χ2v) is 10.9. The van der Waals surface area contributed by atoms with Crippen LogP contribution in [0.2, 0.25) is 0 Å². The van der Waals surface area contributed by atoms with E-state index < -0.39 is 22.4 Å². The number of benzene rings is 3. The van der Waals surface area contributed by atoms with E-state index in [1.807, 2.05) is 16.8 Å². The Bertz CT molecular complexity index is 1570. The van der Waals surface area contributed by atoms with E-state index in [0.717, 1.165) is 9.87 Å². The molecule has 0 spiro atoms. The summed E-state index contributed by atoms with van der Waals surface area (Å²) < 4.78 is 57.6. The molecule has 0 fully saturated rings. The first-order valence-corrected chi connectivity index (χ1v) is 14.2. The second-order valence-electron chi connectivity index (χ2n) is 9.05. The third kappa shape index (κ3) is 6.44. The quantitative estimate of drug-likeness (QED) is 0.244. The van der Waals surface area contributed by atoms with Crippen molar-refractivity contribution in [2.45, 2.75) is 24.1 Å². The number of nitrogens with zero attached hydrogens (tertiary/aromatic N) is 3. The zero-order valence-electron chi connectivity index (χ0n) is 22.5. The van der Waals surface area contributed by atoms with Gasteiger partial charge >= 0.3 is 6.16 Å². The molecule has 1 atom stereocenters. The zero-order chi connectivity index (χ0) is 28.8. The lowest BCUT2D eigenvalue weighted by Gasteiger charge is -2.35. The molecule has 1 aromatic heterocycles. The summed E-state index contributed by atoms with van der Waals surface area (Å²) in [6, 6.07) is 18.3. The summed E-state index contributed by atoms with van der Waals surface area (Å²) in [7, 11) is -1.32. The molecule has 0 N–H and O–H groups in total. The fourth-order valence-electron chi connectivity index (χ4n) is 4.42. The molecule has 0 saturated heterocycles. The van der Waals surface area contributed by atoms with Crippen molar-refractivity contribution in [1.82, 2.24) is 13.9 Å². The molecule has 4 aromatic rings. The number of carbonyl (C=O) groups excluding carboxylic acids is 1. The highest BCUT2D eigenvalue weighted by molar-refractivity contribution is 7.89. The Kier molecular flexibility index (Phi) is 8.41. The molecule has 12 heteroatoms. The van der Waals surface area contributed by atoms with Gasteiger partial charge < -0.3 is 28.3 Å². The topological polar surface area (TPSA) is 118 Å². The minimum absolute atomic E-state index is 0.0287. The molecular weight excluding hydrogens is 550 g/mol. The SMILES string of the molecule is COC(=O)OC1c2ccc(OCCn3ccnc3)cc2CCN1S(=O)(=O)c1ccc(Oc2ccc(OC)cc2)cc1. The Labute approximate surface area is 237 Å². The normalized spacial score (nSPS) is 15.0. The standard InChI is InChI=1S/C29H29N3O8S/c1-36-22-3-5-23(6-4-22)39-24-7-10-26(11-8-24)41(34,35)32-15-13-21-19-25(38-18-17-31-16-14-30-20-31)9-12-27(21)28(32)40-29(33)37-2/h3-12,14,16,19-20,28H,13,15,17-18H2,1-2H3. The van der Waals surface area contributed by atoms with Gasteiger partial charge in [-0.25, -0.2) is 18.2 Å². The number of carbonyl (C=O) groups is 1. The first-order chi connectivity index (χ1) is 19.9. The van der Waals surface area contributed by atoms with Crippen molar-refractivity contribution in [3.05, 3.63) is 96.6 Å². The molecule has 0 bridgehead atoms. The zero-order valence-corrected chi connectivity index (χ0v) is 23.3. The van der Waals surface area contributed by atoms with Gasteiger partial charge in [0.25, 0.3) is 0 Å². The van der Waals surface area contributed by atoms with Gasteiger partial charge in [-0.05, 0) is 78.7 Å². The van der Waals surface area contributed by atoms with Crippen LogP contribution in [0, 0.1) is 0 Å². The molecule has 0 saturated carbocycles. The Balaban J connectivity index is 1.34. The van der Waals surface area contributed by atoms with Gasteiger partial charge in [0, 0.05) is 24.5 Å². The number of hydrogen-bond acceptors (Lipinski definition) is 9. The molecule has 1 aliphatic heterocycles. The van der Waals surface area contributed by atoms with Crippen LogP contribution in [-0.2, 0) is 32.5 Å². The van der Waals surface area contributed by atoms with Crippen LogP contribution in [0.3, 0.4) is 0 Å². The van der Waals surface area contributed by atoms with Crippen molar-refractivity contribution < 1.29 is 36.9 Å². The van der Waals surface area contributed by atoms with Gasteiger partial charge in [0.15, 0.2) is 6.23 Å². The molecule has 41 heavy (non-hydrogen) atoms. The summed E-state index contributed by atoms with van der Waals surface area (Å²) in [6.45, 7) is 1.14. The van der Waals surface area contributed by atoms with Crippen LogP contribution in [0.25, 0.3) is 0 Å². The largest absolute Gasteiger partial charge is 0.509 e. The number of fused-ring (bicyclic) bond motifs is 1. The highest BCUT2D eigenvalue weighted by Gasteiger charge is 2.39. The second kappa shape index (κ2) is 12.3. The van der Waals surface area contributed by atoms with Crippen molar-refractivity contribution in [3.63, 3.8) is 0 Å². The average Bonchev–Trinajstić information content (AvgIpc) is 3.51. The number of aromatic nitrogens is 2. The monoisotopic (exact) mass is 579 g/mol. The van der Waals surface area contributed by atoms with Crippen molar-refractivity contribution in [2.75, 3.05) is 27.4 Å². The predicted octanol–water partition coefficient (Wildman–Crippen LogP) is 4.79. The minimum Gasteiger partial charge on any atom is -0.497 e. The Morgan fingerprint density at radius 2 is 1.63 bits per heavy atom. The van der Waals surface area contributed by atoms with Crippen LogP contribution in [-0.4, -0.2) is 55.8 Å². The van der Waals surface area contributed by atoms with E-state index in [4.69, 9.17) is 23.7 Å². The maximum absolute atomic E-state index is 13.7. The summed E-state index contributed by atoms with van der Waals surface area (Å²) in [5.41, 5.74) is 1.35. The lowest BCUT2D eigenvalue weighted by Crippen LogP contribution is -2.42. The van der Waals surface area contributed by atoms with E-state index in [1.54, 1.807) is 68.2 Å². The third-order valence-electron chi connectivity index (χ3n) is 6.52. The lowest BCUT2D eigenvalue weighted by atomic mass is 9.99. The van der Waals surface area contributed by atoms with Gasteiger partial charge in [0.1, 0.15) is 29.6 Å². The Morgan fingerprint density at radius 3 is 2.29 bits per heavy atom. The van der Waals surface area contributed by atoms with Crippen LogP contribution in [0.5, 0.6) is 23.0 Å². The highest BCUT2D eigenvalue weighted by Crippen LogP contribution is 2.37. The molecule has 0 radical (unpaired) electrons. The summed E-state index contributed by atoms with van der Waals surface area (Å²) in [4.78, 5) is 16.2. The van der Waals surface area contributed by atoms with Crippen molar-refractivity contribution >= 4 is 16.2 Å². The van der Waals surface area contributed by atoms with Gasteiger partial charge in [-0.15, -0.1) is 0 Å². The van der Waals surface area contributed by atoms with E-state index >= 15 is 0 Å². The van der Waals surface area contributed by atoms with Gasteiger partial charge in [-0.2, -0.15) is 4.31 Å². The Morgan fingerprint density at radius 1 is 0.951 bits per heavy atom. The molecular formula is C29H29N3O8S. The van der Waals surface area contributed by atoms with Gasteiger partial charge in [0.2, 0.25) is 10.0 Å². The molecule has 1 aliphatic rings. The summed E-state index contributed by atoms with van der Waals surface area (Å²) >= 11 is 0. The number of rotatable bonds is 10. The fourth-order valence-corrected chi connectivity index (χ4v) is 5.91. The molecule has 214 valence electrons. The van der Waals surface area contributed by atoms with Crippen molar-refractivity contribution in [3.8, 4) is 23.0 Å². The van der Waals surface area contributed by atoms with E-state index in [-0.39, 0.29) is 11.4 Å². The van der Waals surface area contributed by atoms with E-state index in [9.17, 15) is 13.2 Å². The molecule has 5 rings (SSSR count). The maximum atomic E-state index is 13.7. The van der Waals surface area contributed by atoms with Crippen LogP contribution in [0.15, 0.2) is 90.3 Å². The number of sulfonamides is 1. The molecule has 11 nitrogen and oxygen atoms in total. The summed E-state index contributed by atoms with van der Waals surface area (Å²) in [5.74, 6) is 2.36. The third-order valence-corrected chi connectivity index (χ3v) is 8.38. The molecule has 3 aromatic carbocycles. The minimum atomic E-state index is -4.07. The van der Waals surface area contributed by atoms with Crippen LogP contribution in [0.1, 0.15) is 17.4 Å². The predicted molar refractivity (Wildman–Crippen MR) is 148 cm³/mol. The van der Waals surface area contributed by atoms with E-state index in [1.165, 1.54) is 19.2 Å². The lowest BCUT2D eigenvalue weighted by molar-refractivity contribution is -0.0149. The molecule has 0 amide bonds. The number of ether oxygens (including phenoxy) is 5. The number of imidazole rings is 1. The van der Waals surface area contributed by atoms with Gasteiger partial charge in [-0.1, -0.05) is 0 Å². The maximum Gasteiger partial charge on any atom is 0.509 e. The van der Waals surface area contributed by atoms with E-state index in [2.05, 4.69) is 4.98 Å². The number of methoxy groups -OCH3 is 2. The Hall–Kier alpha value is -4.55. The fraction of sp³-hybridized carbons (Fsp3) is 0.241. The molecule has 1 unspecified atom stereocenters. The van der Waals surface area contributed by atoms with Gasteiger partial charge in [-0.3, -0.25) is 0 Å². The first kappa shape index (κ1) is 28.0. The average molecular weight is 580 g/mol. The summed E-state index contributed by atoms with van der Waals surface area (Å²) in [6.07, 6.45) is 3.44. The summed E-state index contributed by atoms with van der Waals surface area (Å²) in [5, 5.41) is 0. The van der Waals surface area contributed by atoms with Crippen molar-refractivity contribution in [1.29, 1.82) is 0 Å². The van der Waals surface area contributed by atoms with Crippen LogP contribution in [0.4, 0.5) is 4.79 Å². The molecule has 0 aliphatic carbocycles. The van der Waals surface area contributed by atoms with Crippen LogP contribution >= 0.6 is 0 Å². The number of hydrogen-bond donors (Lipinski definition) is 0. The van der Waals surface area contributed by atoms with Crippen molar-refractivity contribution in [2.24, 2.45) is 0 Å². The van der Waals surface area contributed by atoms with Crippen LogP contribution < -0.4 is 14.2 Å². The first-order valence-electron chi connectivity index (χ1n) is 12.8. The smallest absolute Gasteiger partial charge is 0.497 e. The van der Waals surface area contributed by atoms with Gasteiger partial charge in [0.05, 0.1) is 32.0 Å². The van der Waals surface area contributed by atoms with E-state index in [0.29, 0.717) is 48.1 Å². The molecule has 2 heterocycles. The highest BCUT2D eigenvalue weighted by atomic mass is 32.2.